The van der Waals surface area contributed by atoms with Crippen molar-refractivity contribution in [2.45, 2.75) is 12.4 Å². The van der Waals surface area contributed by atoms with Crippen LogP contribution >= 0.6 is 0 Å². The van der Waals surface area contributed by atoms with Crippen molar-refractivity contribution in [3.63, 3.8) is 0 Å². The first-order chi connectivity index (χ1) is 9.19. The molecule has 1 aromatic carbocycles. The van der Waals surface area contributed by atoms with Crippen molar-refractivity contribution >= 4 is 0 Å². The number of rotatable bonds is 2. The van der Waals surface area contributed by atoms with Gasteiger partial charge in [-0.3, -0.25) is 0 Å². The van der Waals surface area contributed by atoms with Crippen molar-refractivity contribution < 1.29 is 35.5 Å². The second-order valence-corrected chi connectivity index (χ2v) is 3.74. The first-order valence-corrected chi connectivity index (χ1v) is 5.17. The summed E-state index contributed by atoms with van der Waals surface area (Å²) >= 11 is 0. The molecule has 0 fully saturated rings. The van der Waals surface area contributed by atoms with Crippen LogP contribution in [0.15, 0.2) is 41.2 Å². The second-order valence-electron chi connectivity index (χ2n) is 3.74. The standard InChI is InChI=1S/C12H6F6O2/c13-11(14,15)8-2-1-3-9(10(8)12(16,17)18)20-7-4-5-19-6-7/h1-6H. The minimum absolute atomic E-state index is 0.130. The topological polar surface area (TPSA) is 22.4 Å². The minimum Gasteiger partial charge on any atom is -0.469 e. The average molecular weight is 296 g/mol. The SMILES string of the molecule is FC(F)(F)c1cccc(Oc2ccoc2)c1C(F)(F)F. The van der Waals surface area contributed by atoms with E-state index in [9.17, 15) is 26.3 Å². The second kappa shape index (κ2) is 4.77. The average Bonchev–Trinajstić information content (AvgIpc) is 2.79. The molecule has 2 nitrogen and oxygen atoms in total. The summed E-state index contributed by atoms with van der Waals surface area (Å²) in [5, 5.41) is 0. The van der Waals surface area contributed by atoms with Gasteiger partial charge in [0.25, 0.3) is 0 Å². The van der Waals surface area contributed by atoms with Crippen LogP contribution in [0.5, 0.6) is 11.5 Å². The monoisotopic (exact) mass is 296 g/mol. The van der Waals surface area contributed by atoms with E-state index in [0.717, 1.165) is 24.7 Å². The zero-order valence-corrected chi connectivity index (χ0v) is 9.55. The Hall–Kier alpha value is -2.12. The highest BCUT2D eigenvalue weighted by molar-refractivity contribution is 5.45. The lowest BCUT2D eigenvalue weighted by Gasteiger charge is -2.18. The van der Waals surface area contributed by atoms with E-state index < -0.39 is 29.2 Å². The van der Waals surface area contributed by atoms with Crippen LogP contribution < -0.4 is 4.74 Å². The molecular formula is C12H6F6O2. The molecule has 8 heteroatoms. The summed E-state index contributed by atoms with van der Waals surface area (Å²) in [6.45, 7) is 0. The molecule has 0 saturated heterocycles. The van der Waals surface area contributed by atoms with Crippen LogP contribution in [0.1, 0.15) is 11.1 Å². The summed E-state index contributed by atoms with van der Waals surface area (Å²) in [5.74, 6) is -1.07. The highest BCUT2D eigenvalue weighted by Crippen LogP contribution is 2.45. The lowest BCUT2D eigenvalue weighted by atomic mass is 10.1. The maximum atomic E-state index is 12.9. The summed E-state index contributed by atoms with van der Waals surface area (Å²) in [6.07, 6.45) is -8.25. The zero-order chi connectivity index (χ0) is 15.0. The molecule has 0 radical (unpaired) electrons. The molecule has 0 unspecified atom stereocenters. The molecular weight excluding hydrogens is 290 g/mol. The highest BCUT2D eigenvalue weighted by Gasteiger charge is 2.45. The van der Waals surface area contributed by atoms with Gasteiger partial charge in [-0.25, -0.2) is 0 Å². The molecule has 1 heterocycles. The molecule has 0 atom stereocenters. The molecule has 0 aliphatic rings. The van der Waals surface area contributed by atoms with Crippen molar-refractivity contribution in [2.24, 2.45) is 0 Å². The fraction of sp³-hybridized carbons (Fsp3) is 0.167. The third-order valence-electron chi connectivity index (χ3n) is 2.34. The van der Waals surface area contributed by atoms with Gasteiger partial charge in [-0.15, -0.1) is 0 Å². The predicted octanol–water partition coefficient (Wildman–Crippen LogP) is 5.11. The minimum atomic E-state index is -5.20. The quantitative estimate of drug-likeness (QED) is 0.718. The molecule has 0 aliphatic heterocycles. The first-order valence-electron chi connectivity index (χ1n) is 5.17. The summed E-state index contributed by atoms with van der Waals surface area (Å²) in [6, 6.07) is 3.18. The zero-order valence-electron chi connectivity index (χ0n) is 9.55. The molecule has 0 aliphatic carbocycles. The third kappa shape index (κ3) is 2.89. The van der Waals surface area contributed by atoms with E-state index in [-0.39, 0.29) is 5.75 Å². The van der Waals surface area contributed by atoms with Crippen LogP contribution in [0.2, 0.25) is 0 Å². The Morgan fingerprint density at radius 3 is 2.10 bits per heavy atom. The van der Waals surface area contributed by atoms with Gasteiger partial charge in [-0.2, -0.15) is 26.3 Å². The van der Waals surface area contributed by atoms with Crippen molar-refractivity contribution in [1.29, 1.82) is 0 Å². The van der Waals surface area contributed by atoms with E-state index in [2.05, 4.69) is 4.42 Å². The van der Waals surface area contributed by atoms with Gasteiger partial charge in [0.1, 0.15) is 17.6 Å². The van der Waals surface area contributed by atoms with Gasteiger partial charge in [0, 0.05) is 6.07 Å². The third-order valence-corrected chi connectivity index (χ3v) is 2.34. The van der Waals surface area contributed by atoms with Gasteiger partial charge in [0.05, 0.1) is 11.8 Å². The number of furan rings is 1. The molecule has 0 N–H and O–H groups in total. The van der Waals surface area contributed by atoms with Gasteiger partial charge in [0.2, 0.25) is 0 Å². The number of ether oxygens (including phenoxy) is 1. The Kier molecular flexibility index (Phi) is 3.41. The van der Waals surface area contributed by atoms with Crippen molar-refractivity contribution in [2.75, 3.05) is 0 Å². The fourth-order valence-corrected chi connectivity index (χ4v) is 1.58. The molecule has 2 aromatic rings. The van der Waals surface area contributed by atoms with E-state index >= 15 is 0 Å². The fourth-order valence-electron chi connectivity index (χ4n) is 1.58. The van der Waals surface area contributed by atoms with Gasteiger partial charge in [-0.05, 0) is 12.1 Å². The maximum Gasteiger partial charge on any atom is 0.420 e. The predicted molar refractivity (Wildman–Crippen MR) is 55.2 cm³/mol. The highest BCUT2D eigenvalue weighted by atomic mass is 19.4. The number of hydrogen-bond acceptors (Lipinski definition) is 2. The van der Waals surface area contributed by atoms with Crippen molar-refractivity contribution in [3.8, 4) is 11.5 Å². The van der Waals surface area contributed by atoms with Gasteiger partial charge in [-0.1, -0.05) is 6.07 Å². The maximum absolute atomic E-state index is 12.9. The molecule has 0 amide bonds. The van der Waals surface area contributed by atoms with Crippen molar-refractivity contribution in [3.05, 3.63) is 47.9 Å². The van der Waals surface area contributed by atoms with E-state index in [4.69, 9.17) is 4.74 Å². The smallest absolute Gasteiger partial charge is 0.420 e. The van der Waals surface area contributed by atoms with E-state index in [1.165, 1.54) is 6.07 Å². The van der Waals surface area contributed by atoms with Crippen LogP contribution in [0, 0.1) is 0 Å². The Labute approximate surface area is 108 Å². The molecule has 108 valence electrons. The van der Waals surface area contributed by atoms with Gasteiger partial charge >= 0.3 is 12.4 Å². The van der Waals surface area contributed by atoms with Gasteiger partial charge < -0.3 is 9.15 Å². The summed E-state index contributed by atoms with van der Waals surface area (Å²) in [7, 11) is 0. The van der Waals surface area contributed by atoms with Crippen LogP contribution in [-0.4, -0.2) is 0 Å². The molecule has 0 saturated carbocycles. The van der Waals surface area contributed by atoms with Crippen LogP contribution in [0.4, 0.5) is 26.3 Å². The number of halogens is 6. The van der Waals surface area contributed by atoms with Crippen LogP contribution in [0.3, 0.4) is 0 Å². The van der Waals surface area contributed by atoms with Crippen molar-refractivity contribution in [1.82, 2.24) is 0 Å². The lowest BCUT2D eigenvalue weighted by molar-refractivity contribution is -0.162. The Balaban J connectivity index is 2.57. The summed E-state index contributed by atoms with van der Waals surface area (Å²) in [5.41, 5.74) is -3.67. The van der Waals surface area contributed by atoms with Gasteiger partial charge in [0.15, 0.2) is 5.75 Å². The molecule has 20 heavy (non-hydrogen) atoms. The normalized spacial score (nSPS) is 12.5. The van der Waals surface area contributed by atoms with E-state index in [1.807, 2.05) is 0 Å². The van der Waals surface area contributed by atoms with E-state index in [0.29, 0.717) is 6.07 Å². The number of hydrogen-bond donors (Lipinski definition) is 0. The lowest BCUT2D eigenvalue weighted by Crippen LogP contribution is -2.17. The Bertz CT molecular complexity index is 583. The van der Waals surface area contributed by atoms with Crippen LogP contribution in [-0.2, 0) is 12.4 Å². The van der Waals surface area contributed by atoms with E-state index in [1.54, 1.807) is 0 Å². The Morgan fingerprint density at radius 1 is 0.900 bits per heavy atom. The molecule has 1 aromatic heterocycles. The summed E-state index contributed by atoms with van der Waals surface area (Å²) in [4.78, 5) is 0. The molecule has 2 rings (SSSR count). The number of benzene rings is 1. The molecule has 0 bridgehead atoms. The summed E-state index contributed by atoms with van der Waals surface area (Å²) < 4.78 is 86.0. The number of alkyl halides is 6. The van der Waals surface area contributed by atoms with Crippen LogP contribution in [0.25, 0.3) is 0 Å². The largest absolute Gasteiger partial charge is 0.469 e. The first kappa shape index (κ1) is 14.3. The molecule has 0 spiro atoms. The Morgan fingerprint density at radius 2 is 1.60 bits per heavy atom.